The highest BCUT2D eigenvalue weighted by atomic mass is 19.1. The number of aromatic nitrogens is 2. The van der Waals surface area contributed by atoms with Gasteiger partial charge in [0.1, 0.15) is 11.6 Å². The third-order valence-electron chi connectivity index (χ3n) is 2.97. The highest BCUT2D eigenvalue weighted by molar-refractivity contribution is 5.47. The number of hydrogen-bond donors (Lipinski definition) is 0. The molecule has 0 saturated carbocycles. The fraction of sp³-hybridized carbons (Fsp3) is 0.267. The van der Waals surface area contributed by atoms with E-state index in [4.69, 9.17) is 4.74 Å². The van der Waals surface area contributed by atoms with Crippen molar-refractivity contribution in [1.29, 1.82) is 5.26 Å². The highest BCUT2D eigenvalue weighted by Gasteiger charge is 2.17. The van der Waals surface area contributed by atoms with E-state index >= 15 is 0 Å². The molecule has 0 amide bonds. The van der Waals surface area contributed by atoms with Crippen molar-refractivity contribution in [3.63, 3.8) is 0 Å². The summed E-state index contributed by atoms with van der Waals surface area (Å²) in [6.45, 7) is 3.88. The Morgan fingerprint density at radius 3 is 2.55 bits per heavy atom. The van der Waals surface area contributed by atoms with Gasteiger partial charge in [0.25, 0.3) is 5.88 Å². The molecule has 0 atom stereocenters. The van der Waals surface area contributed by atoms with Gasteiger partial charge in [-0.3, -0.25) is 0 Å². The molecule has 5 heteroatoms. The van der Waals surface area contributed by atoms with Crippen molar-refractivity contribution in [2.24, 2.45) is 0 Å². The number of benzene rings is 1. The van der Waals surface area contributed by atoms with Crippen molar-refractivity contribution >= 4 is 0 Å². The van der Waals surface area contributed by atoms with Crippen LogP contribution in [0.5, 0.6) is 11.6 Å². The van der Waals surface area contributed by atoms with Crippen molar-refractivity contribution in [1.82, 2.24) is 10.2 Å². The van der Waals surface area contributed by atoms with Crippen LogP contribution in [0.15, 0.2) is 24.3 Å². The normalized spacial score (nSPS) is 10.1. The first-order chi connectivity index (χ1) is 9.71. The summed E-state index contributed by atoms with van der Waals surface area (Å²) in [4.78, 5) is 0. The summed E-state index contributed by atoms with van der Waals surface area (Å²) in [7, 11) is 0. The standard InChI is InChI=1S/C15H14FN3O/c1-3-10-11(9-17)15(19-18-13(10)4-2)20-14-8-6-5-7-12(14)16/h5-8H,3-4H2,1-2H3. The van der Waals surface area contributed by atoms with Gasteiger partial charge in [0.2, 0.25) is 0 Å². The third kappa shape index (κ3) is 2.59. The second kappa shape index (κ2) is 6.11. The summed E-state index contributed by atoms with van der Waals surface area (Å²) < 4.78 is 19.0. The predicted octanol–water partition coefficient (Wildman–Crippen LogP) is 3.40. The molecule has 0 aliphatic carbocycles. The first kappa shape index (κ1) is 13.9. The molecule has 0 N–H and O–H groups in total. The van der Waals surface area contributed by atoms with Crippen molar-refractivity contribution in [3.05, 3.63) is 46.9 Å². The predicted molar refractivity (Wildman–Crippen MR) is 72.0 cm³/mol. The lowest BCUT2D eigenvalue weighted by Gasteiger charge is -2.11. The maximum atomic E-state index is 13.6. The Balaban J connectivity index is 2.48. The average Bonchev–Trinajstić information content (AvgIpc) is 2.48. The molecule has 2 rings (SSSR count). The number of ether oxygens (including phenoxy) is 1. The van der Waals surface area contributed by atoms with Crippen molar-refractivity contribution in [2.45, 2.75) is 26.7 Å². The molecule has 0 radical (unpaired) electrons. The van der Waals surface area contributed by atoms with E-state index in [0.29, 0.717) is 18.4 Å². The van der Waals surface area contributed by atoms with Crippen LogP contribution in [0.3, 0.4) is 0 Å². The molecule has 0 spiro atoms. The lowest BCUT2D eigenvalue weighted by Crippen LogP contribution is -2.05. The number of aryl methyl sites for hydroxylation is 1. The van der Waals surface area contributed by atoms with Gasteiger partial charge < -0.3 is 4.74 Å². The van der Waals surface area contributed by atoms with E-state index in [1.807, 2.05) is 13.8 Å². The number of para-hydroxylation sites is 1. The fourth-order valence-corrected chi connectivity index (χ4v) is 1.97. The van der Waals surface area contributed by atoms with Crippen LogP contribution in [0, 0.1) is 17.1 Å². The van der Waals surface area contributed by atoms with E-state index in [0.717, 1.165) is 11.3 Å². The molecule has 0 aliphatic heterocycles. The first-order valence-corrected chi connectivity index (χ1v) is 6.42. The lowest BCUT2D eigenvalue weighted by atomic mass is 10.0. The highest BCUT2D eigenvalue weighted by Crippen LogP contribution is 2.27. The third-order valence-corrected chi connectivity index (χ3v) is 2.97. The topological polar surface area (TPSA) is 58.8 Å². The van der Waals surface area contributed by atoms with Crippen LogP contribution in [0.1, 0.15) is 30.7 Å². The van der Waals surface area contributed by atoms with E-state index < -0.39 is 5.82 Å². The van der Waals surface area contributed by atoms with Gasteiger partial charge in [0.05, 0.1) is 5.69 Å². The summed E-state index contributed by atoms with van der Waals surface area (Å²) in [5.41, 5.74) is 1.89. The molecule has 4 nitrogen and oxygen atoms in total. The van der Waals surface area contributed by atoms with E-state index in [9.17, 15) is 9.65 Å². The van der Waals surface area contributed by atoms with Crippen LogP contribution in [0.25, 0.3) is 0 Å². The Bertz CT molecular complexity index is 665. The van der Waals surface area contributed by atoms with Crippen LogP contribution in [0.2, 0.25) is 0 Å². The van der Waals surface area contributed by atoms with E-state index in [1.165, 1.54) is 12.1 Å². The zero-order chi connectivity index (χ0) is 14.5. The number of rotatable bonds is 4. The number of nitrogens with zero attached hydrogens (tertiary/aromatic N) is 3. The van der Waals surface area contributed by atoms with Gasteiger partial charge in [0, 0.05) is 0 Å². The number of halogens is 1. The minimum atomic E-state index is -0.504. The lowest BCUT2D eigenvalue weighted by molar-refractivity contribution is 0.419. The Kier molecular flexibility index (Phi) is 4.26. The van der Waals surface area contributed by atoms with Gasteiger partial charge in [-0.05, 0) is 30.5 Å². The zero-order valence-corrected chi connectivity index (χ0v) is 11.4. The average molecular weight is 271 g/mol. The molecule has 1 heterocycles. The largest absolute Gasteiger partial charge is 0.433 e. The second-order valence-corrected chi connectivity index (χ2v) is 4.16. The maximum Gasteiger partial charge on any atom is 0.257 e. The Labute approximate surface area is 116 Å². The van der Waals surface area contributed by atoms with Gasteiger partial charge >= 0.3 is 0 Å². The molecular formula is C15H14FN3O. The van der Waals surface area contributed by atoms with E-state index in [1.54, 1.807) is 12.1 Å². The Morgan fingerprint density at radius 2 is 1.95 bits per heavy atom. The molecule has 0 saturated heterocycles. The smallest absolute Gasteiger partial charge is 0.257 e. The second-order valence-electron chi connectivity index (χ2n) is 4.16. The summed E-state index contributed by atoms with van der Waals surface area (Å²) in [5.74, 6) is -0.424. The SMILES string of the molecule is CCc1nnc(Oc2ccccc2F)c(C#N)c1CC. The van der Waals surface area contributed by atoms with E-state index in [-0.39, 0.29) is 11.6 Å². The molecule has 0 fully saturated rings. The minimum absolute atomic E-state index is 0.0320. The molecule has 1 aromatic heterocycles. The molecule has 102 valence electrons. The summed E-state index contributed by atoms with van der Waals surface area (Å²) in [6.07, 6.45) is 1.33. The minimum Gasteiger partial charge on any atom is -0.433 e. The Hall–Kier alpha value is -2.48. The molecule has 1 aromatic carbocycles. The molecule has 0 bridgehead atoms. The molecule has 2 aromatic rings. The molecular weight excluding hydrogens is 257 g/mol. The van der Waals surface area contributed by atoms with Crippen molar-refractivity contribution in [3.8, 4) is 17.7 Å². The van der Waals surface area contributed by atoms with Crippen LogP contribution < -0.4 is 4.74 Å². The van der Waals surface area contributed by atoms with Gasteiger partial charge in [-0.1, -0.05) is 26.0 Å². The van der Waals surface area contributed by atoms with Crippen LogP contribution in [-0.2, 0) is 12.8 Å². The monoisotopic (exact) mass is 271 g/mol. The van der Waals surface area contributed by atoms with Crippen LogP contribution in [-0.4, -0.2) is 10.2 Å². The van der Waals surface area contributed by atoms with Crippen LogP contribution in [0.4, 0.5) is 4.39 Å². The molecule has 0 unspecified atom stereocenters. The van der Waals surface area contributed by atoms with Crippen molar-refractivity contribution in [2.75, 3.05) is 0 Å². The van der Waals surface area contributed by atoms with Gasteiger partial charge in [0.15, 0.2) is 11.6 Å². The van der Waals surface area contributed by atoms with Gasteiger partial charge in [-0.15, -0.1) is 5.10 Å². The van der Waals surface area contributed by atoms with Crippen molar-refractivity contribution < 1.29 is 9.13 Å². The first-order valence-electron chi connectivity index (χ1n) is 6.42. The number of hydrogen-bond acceptors (Lipinski definition) is 4. The summed E-state index contributed by atoms with van der Waals surface area (Å²) >= 11 is 0. The molecule has 0 aliphatic rings. The summed E-state index contributed by atoms with van der Waals surface area (Å²) in [6, 6.07) is 8.07. The van der Waals surface area contributed by atoms with Gasteiger partial charge in [-0.25, -0.2) is 4.39 Å². The Morgan fingerprint density at radius 1 is 1.20 bits per heavy atom. The van der Waals surface area contributed by atoms with E-state index in [2.05, 4.69) is 16.3 Å². The van der Waals surface area contributed by atoms with Gasteiger partial charge in [-0.2, -0.15) is 10.4 Å². The maximum absolute atomic E-state index is 13.6. The zero-order valence-electron chi connectivity index (χ0n) is 11.4. The quantitative estimate of drug-likeness (QED) is 0.855. The number of nitriles is 1. The summed E-state index contributed by atoms with van der Waals surface area (Å²) in [5, 5.41) is 17.3. The molecule has 20 heavy (non-hydrogen) atoms. The fourth-order valence-electron chi connectivity index (χ4n) is 1.97. The van der Waals surface area contributed by atoms with Crippen LogP contribution >= 0.6 is 0 Å².